The molecule has 9 heteroatoms. The molecular formula is C50H33N9. The highest BCUT2D eigenvalue weighted by atomic mass is 15.1. The van der Waals surface area contributed by atoms with Crippen LogP contribution in [0.2, 0.25) is 0 Å². The number of para-hydroxylation sites is 2. The average Bonchev–Trinajstić information content (AvgIpc) is 3.88. The van der Waals surface area contributed by atoms with Crippen LogP contribution in [-0.2, 0) is 0 Å². The molecule has 4 aromatic heterocycles. The molecule has 0 amide bonds. The first-order chi connectivity index (χ1) is 29.2. The number of nitrogens with zero attached hydrogens (tertiary/aromatic N) is 9. The molecule has 59 heavy (non-hydrogen) atoms. The minimum absolute atomic E-state index is 0.628. The van der Waals surface area contributed by atoms with E-state index in [2.05, 4.69) is 196 Å². The van der Waals surface area contributed by atoms with Crippen LogP contribution in [0.1, 0.15) is 0 Å². The van der Waals surface area contributed by atoms with E-state index in [9.17, 15) is 0 Å². The van der Waals surface area contributed by atoms with Crippen LogP contribution in [0.15, 0.2) is 201 Å². The number of anilines is 3. The molecule has 0 fully saturated rings. The largest absolute Gasteiger partial charge is 0.316 e. The third-order valence-electron chi connectivity index (χ3n) is 10.8. The van der Waals surface area contributed by atoms with E-state index in [1.165, 1.54) is 52.5 Å². The van der Waals surface area contributed by atoms with Crippen molar-refractivity contribution in [1.82, 2.24) is 39.0 Å². The van der Waals surface area contributed by atoms with Crippen molar-refractivity contribution in [2.24, 2.45) is 0 Å². The van der Waals surface area contributed by atoms with E-state index in [0.717, 1.165) is 56.2 Å². The minimum Gasteiger partial charge on any atom is -0.316 e. The van der Waals surface area contributed by atoms with Gasteiger partial charge in [0.25, 0.3) is 0 Å². The molecule has 0 saturated carbocycles. The van der Waals surface area contributed by atoms with Gasteiger partial charge < -0.3 is 14.0 Å². The average molecular weight is 760 g/mol. The standard InChI is InChI=1S/C50H33N9/c1-3-7-39(8-4-1)57-26-25-38-28-45-44-27-37(17-24-46(44)59(48(45)29-47(38)57)40-9-5-2-6-10-40)34-11-18-41(19-12-34)58(42-20-13-35(14-21-42)49-53-30-51-31-54-49)43-22-15-36(16-23-43)50-55-32-52-33-56-50/h1-33H. The van der Waals surface area contributed by atoms with Gasteiger partial charge in [-0.15, -0.1) is 0 Å². The lowest BCUT2D eigenvalue weighted by Gasteiger charge is -2.26. The predicted molar refractivity (Wildman–Crippen MR) is 235 cm³/mol. The van der Waals surface area contributed by atoms with Crippen LogP contribution in [-0.4, -0.2) is 39.0 Å². The second-order valence-corrected chi connectivity index (χ2v) is 14.3. The SMILES string of the molecule is c1ccc(-n2ccc3cc4c5cc(-c6ccc(N(c7ccc(-c8ncncn8)cc7)c7ccc(-c8ncncn8)cc7)cc6)ccc5n(-c5ccccc5)c4cc32)cc1. The van der Waals surface area contributed by atoms with Gasteiger partial charge in [0.2, 0.25) is 0 Å². The monoisotopic (exact) mass is 759 g/mol. The van der Waals surface area contributed by atoms with E-state index >= 15 is 0 Å². The first-order valence-electron chi connectivity index (χ1n) is 19.3. The van der Waals surface area contributed by atoms with Crippen LogP contribution in [0.25, 0.3) is 78.0 Å². The van der Waals surface area contributed by atoms with Crippen molar-refractivity contribution in [2.45, 2.75) is 0 Å². The molecule has 0 radical (unpaired) electrons. The Morgan fingerprint density at radius 2 is 0.864 bits per heavy atom. The smallest absolute Gasteiger partial charge is 0.162 e. The maximum absolute atomic E-state index is 4.34. The topological polar surface area (TPSA) is 90.4 Å². The Labute approximate surface area is 339 Å². The summed E-state index contributed by atoms with van der Waals surface area (Å²) in [6, 6.07) is 60.2. The number of hydrogen-bond donors (Lipinski definition) is 0. The zero-order chi connectivity index (χ0) is 39.1. The van der Waals surface area contributed by atoms with Crippen molar-refractivity contribution < 1.29 is 0 Å². The summed E-state index contributed by atoms with van der Waals surface area (Å²) < 4.78 is 4.65. The van der Waals surface area contributed by atoms with Crippen molar-refractivity contribution >= 4 is 49.8 Å². The molecule has 4 heterocycles. The van der Waals surface area contributed by atoms with Crippen LogP contribution in [0, 0.1) is 0 Å². The quantitative estimate of drug-likeness (QED) is 0.152. The summed E-state index contributed by atoms with van der Waals surface area (Å²) in [6.07, 6.45) is 8.22. The Morgan fingerprint density at radius 3 is 1.42 bits per heavy atom. The fraction of sp³-hybridized carbons (Fsp3) is 0. The zero-order valence-corrected chi connectivity index (χ0v) is 31.6. The highest BCUT2D eigenvalue weighted by Gasteiger charge is 2.18. The normalized spacial score (nSPS) is 11.4. The molecule has 11 aromatic rings. The van der Waals surface area contributed by atoms with Gasteiger partial charge in [-0.2, -0.15) is 0 Å². The maximum Gasteiger partial charge on any atom is 0.162 e. The molecule has 0 N–H and O–H groups in total. The van der Waals surface area contributed by atoms with E-state index in [1.807, 2.05) is 24.3 Å². The fourth-order valence-corrected chi connectivity index (χ4v) is 8.04. The lowest BCUT2D eigenvalue weighted by atomic mass is 10.0. The number of aromatic nitrogens is 8. The zero-order valence-electron chi connectivity index (χ0n) is 31.6. The molecule has 0 spiro atoms. The number of fused-ring (bicyclic) bond motifs is 4. The molecule has 0 aliphatic heterocycles. The number of benzene rings is 7. The summed E-state index contributed by atoms with van der Waals surface area (Å²) in [5.41, 5.74) is 12.9. The predicted octanol–water partition coefficient (Wildman–Crippen LogP) is 11.6. The van der Waals surface area contributed by atoms with Crippen molar-refractivity contribution in [3.05, 3.63) is 201 Å². The molecule has 0 unspecified atom stereocenters. The first-order valence-corrected chi connectivity index (χ1v) is 19.3. The maximum atomic E-state index is 4.34. The van der Waals surface area contributed by atoms with E-state index < -0.39 is 0 Å². The Morgan fingerprint density at radius 1 is 0.373 bits per heavy atom. The summed E-state index contributed by atoms with van der Waals surface area (Å²) >= 11 is 0. The highest BCUT2D eigenvalue weighted by molar-refractivity contribution is 6.14. The van der Waals surface area contributed by atoms with Crippen molar-refractivity contribution in [3.8, 4) is 45.3 Å². The van der Waals surface area contributed by atoms with Crippen LogP contribution < -0.4 is 4.90 Å². The van der Waals surface area contributed by atoms with Crippen LogP contribution >= 0.6 is 0 Å². The molecule has 0 atom stereocenters. The summed E-state index contributed by atoms with van der Waals surface area (Å²) in [7, 11) is 0. The van der Waals surface area contributed by atoms with Crippen LogP contribution in [0.4, 0.5) is 17.1 Å². The summed E-state index contributed by atoms with van der Waals surface area (Å²) in [6.45, 7) is 0. The van der Waals surface area contributed by atoms with Crippen molar-refractivity contribution in [2.75, 3.05) is 4.90 Å². The molecule has 0 saturated heterocycles. The van der Waals surface area contributed by atoms with E-state index in [0.29, 0.717) is 11.6 Å². The lowest BCUT2D eigenvalue weighted by molar-refractivity contribution is 1.06. The Balaban J connectivity index is 1.00. The Kier molecular flexibility index (Phi) is 8.25. The van der Waals surface area contributed by atoms with Gasteiger partial charge in [0.15, 0.2) is 11.6 Å². The van der Waals surface area contributed by atoms with Crippen molar-refractivity contribution in [1.29, 1.82) is 0 Å². The Bertz CT molecular complexity index is 3140. The van der Waals surface area contributed by atoms with Crippen LogP contribution in [0.5, 0.6) is 0 Å². The van der Waals surface area contributed by atoms with Gasteiger partial charge >= 0.3 is 0 Å². The van der Waals surface area contributed by atoms with Gasteiger partial charge in [-0.25, -0.2) is 29.9 Å². The van der Waals surface area contributed by atoms with E-state index in [4.69, 9.17) is 0 Å². The lowest BCUT2D eigenvalue weighted by Crippen LogP contribution is -2.10. The molecule has 0 aliphatic carbocycles. The summed E-state index contributed by atoms with van der Waals surface area (Å²) in [5, 5.41) is 3.62. The third kappa shape index (κ3) is 6.14. The van der Waals surface area contributed by atoms with Gasteiger partial charge in [0, 0.05) is 61.9 Å². The van der Waals surface area contributed by atoms with Gasteiger partial charge in [-0.3, -0.25) is 0 Å². The molecule has 0 bridgehead atoms. The number of rotatable bonds is 8. The van der Waals surface area contributed by atoms with Gasteiger partial charge in [-0.1, -0.05) is 54.6 Å². The van der Waals surface area contributed by atoms with Gasteiger partial charge in [0.1, 0.15) is 25.3 Å². The molecule has 9 nitrogen and oxygen atoms in total. The van der Waals surface area contributed by atoms with Gasteiger partial charge in [0.05, 0.1) is 16.6 Å². The third-order valence-corrected chi connectivity index (χ3v) is 10.8. The summed E-state index contributed by atoms with van der Waals surface area (Å²) in [4.78, 5) is 27.5. The fourth-order valence-electron chi connectivity index (χ4n) is 8.04. The molecule has 0 aliphatic rings. The van der Waals surface area contributed by atoms with Crippen molar-refractivity contribution in [3.63, 3.8) is 0 Å². The molecule has 11 rings (SSSR count). The summed E-state index contributed by atoms with van der Waals surface area (Å²) in [5.74, 6) is 1.26. The molecular weight excluding hydrogens is 727 g/mol. The van der Waals surface area contributed by atoms with E-state index in [-0.39, 0.29) is 0 Å². The molecule has 7 aromatic carbocycles. The second kappa shape index (κ2) is 14.3. The number of hydrogen-bond acceptors (Lipinski definition) is 7. The minimum atomic E-state index is 0.628. The van der Waals surface area contributed by atoms with E-state index in [1.54, 1.807) is 0 Å². The molecule has 278 valence electrons. The van der Waals surface area contributed by atoms with Crippen LogP contribution in [0.3, 0.4) is 0 Å². The highest BCUT2D eigenvalue weighted by Crippen LogP contribution is 2.40. The first kappa shape index (κ1) is 34.0. The second-order valence-electron chi connectivity index (χ2n) is 14.3. The van der Waals surface area contributed by atoms with Gasteiger partial charge in [-0.05, 0) is 126 Å². The Hall–Kier alpha value is -8.30.